The number of esters is 2. The summed E-state index contributed by atoms with van der Waals surface area (Å²) in [5.74, 6) is 0.482. The van der Waals surface area contributed by atoms with Crippen LogP contribution in [0.2, 0.25) is 0 Å². The van der Waals surface area contributed by atoms with Crippen molar-refractivity contribution in [3.05, 3.63) is 0 Å². The first-order valence-corrected chi connectivity index (χ1v) is 14.9. The number of unbranched alkanes of at least 4 members (excludes halogenated alkanes) is 15. The minimum Gasteiger partial charge on any atom is -0.466 e. The van der Waals surface area contributed by atoms with Gasteiger partial charge in [-0.25, -0.2) is 0 Å². The highest BCUT2D eigenvalue weighted by molar-refractivity contribution is 5.69. The lowest BCUT2D eigenvalue weighted by atomic mass is 10.0. The Kier molecular flexibility index (Phi) is 25.7. The van der Waals surface area contributed by atoms with Gasteiger partial charge in [0.2, 0.25) is 0 Å². The molecule has 0 aliphatic rings. The fraction of sp³-hybridized carbons (Fsp3) is 0.933. The Bertz CT molecular complexity index is 449. The van der Waals surface area contributed by atoms with Crippen molar-refractivity contribution in [2.24, 2.45) is 5.92 Å². The predicted octanol–water partition coefficient (Wildman–Crippen LogP) is 9.33. The minimum absolute atomic E-state index is 0.0227. The highest BCUT2D eigenvalue weighted by Crippen LogP contribution is 2.15. The lowest BCUT2D eigenvalue weighted by Crippen LogP contribution is -2.13. The van der Waals surface area contributed by atoms with Crippen LogP contribution in [0.1, 0.15) is 162 Å². The van der Waals surface area contributed by atoms with Gasteiger partial charge in [-0.2, -0.15) is 0 Å². The lowest BCUT2D eigenvalue weighted by Gasteiger charge is -2.14. The molecule has 4 nitrogen and oxygen atoms in total. The molecule has 0 radical (unpaired) electrons. The molecule has 0 saturated heterocycles. The van der Waals surface area contributed by atoms with Crippen LogP contribution in [0.15, 0.2) is 0 Å². The van der Waals surface area contributed by atoms with Crippen molar-refractivity contribution in [3.63, 3.8) is 0 Å². The van der Waals surface area contributed by atoms with Gasteiger partial charge in [0.25, 0.3) is 0 Å². The summed E-state index contributed by atoms with van der Waals surface area (Å²) in [6.45, 7) is 7.82. The summed E-state index contributed by atoms with van der Waals surface area (Å²) in [4.78, 5) is 23.7. The molecule has 0 aromatic heterocycles. The van der Waals surface area contributed by atoms with E-state index >= 15 is 0 Å². The molecule has 0 saturated carbocycles. The van der Waals surface area contributed by atoms with Gasteiger partial charge < -0.3 is 9.47 Å². The minimum atomic E-state index is -0.0238. The second-order valence-corrected chi connectivity index (χ2v) is 10.1. The number of hydrogen-bond acceptors (Lipinski definition) is 4. The quantitative estimate of drug-likeness (QED) is 0.0910. The zero-order valence-corrected chi connectivity index (χ0v) is 23.2. The van der Waals surface area contributed by atoms with Crippen LogP contribution in [0.3, 0.4) is 0 Å². The summed E-state index contributed by atoms with van der Waals surface area (Å²) in [6, 6.07) is 0. The molecule has 1 unspecified atom stereocenters. The van der Waals surface area contributed by atoms with E-state index in [0.717, 1.165) is 38.5 Å². The van der Waals surface area contributed by atoms with Crippen molar-refractivity contribution in [2.45, 2.75) is 162 Å². The van der Waals surface area contributed by atoms with Crippen LogP contribution in [0.4, 0.5) is 0 Å². The fourth-order valence-corrected chi connectivity index (χ4v) is 4.27. The first-order valence-electron chi connectivity index (χ1n) is 14.9. The van der Waals surface area contributed by atoms with Crippen molar-refractivity contribution in [1.29, 1.82) is 0 Å². The Balaban J connectivity index is 3.35. The Morgan fingerprint density at radius 3 is 1.47 bits per heavy atom. The van der Waals surface area contributed by atoms with Gasteiger partial charge in [-0.15, -0.1) is 0 Å². The van der Waals surface area contributed by atoms with Crippen molar-refractivity contribution >= 4 is 11.9 Å². The third-order valence-corrected chi connectivity index (χ3v) is 6.80. The fourth-order valence-electron chi connectivity index (χ4n) is 4.27. The smallest absolute Gasteiger partial charge is 0.305 e. The monoisotopic (exact) mass is 482 g/mol. The van der Waals surface area contributed by atoms with E-state index in [1.165, 1.54) is 89.9 Å². The number of ether oxygens (including phenoxy) is 2. The average molecular weight is 483 g/mol. The van der Waals surface area contributed by atoms with E-state index in [2.05, 4.69) is 20.8 Å². The SMILES string of the molecule is CCCCCCCCCCOC(=O)CCCCCCCCCCC(=O)OCC(CC)CCCC. The van der Waals surface area contributed by atoms with Crippen molar-refractivity contribution < 1.29 is 19.1 Å². The Morgan fingerprint density at radius 2 is 0.971 bits per heavy atom. The van der Waals surface area contributed by atoms with E-state index in [4.69, 9.17) is 9.47 Å². The first kappa shape index (κ1) is 32.9. The highest BCUT2D eigenvalue weighted by atomic mass is 16.5. The molecule has 4 heteroatoms. The van der Waals surface area contributed by atoms with Crippen molar-refractivity contribution in [3.8, 4) is 0 Å². The van der Waals surface area contributed by atoms with Gasteiger partial charge in [-0.05, 0) is 31.6 Å². The molecule has 0 aromatic rings. The Morgan fingerprint density at radius 1 is 0.529 bits per heavy atom. The van der Waals surface area contributed by atoms with E-state index in [9.17, 15) is 9.59 Å². The molecule has 0 spiro atoms. The number of carbonyl (C=O) groups excluding carboxylic acids is 2. The van der Waals surface area contributed by atoms with Crippen LogP contribution in [0, 0.1) is 5.92 Å². The third-order valence-electron chi connectivity index (χ3n) is 6.80. The van der Waals surface area contributed by atoms with Gasteiger partial charge in [-0.3, -0.25) is 9.59 Å². The molecule has 1 atom stereocenters. The topological polar surface area (TPSA) is 52.6 Å². The van der Waals surface area contributed by atoms with Crippen molar-refractivity contribution in [1.82, 2.24) is 0 Å². The Hall–Kier alpha value is -1.06. The van der Waals surface area contributed by atoms with Gasteiger partial charge in [0, 0.05) is 12.8 Å². The molecule has 0 aliphatic heterocycles. The molecule has 0 aliphatic carbocycles. The second kappa shape index (κ2) is 26.5. The summed E-state index contributed by atoms with van der Waals surface area (Å²) in [5, 5.41) is 0. The maximum Gasteiger partial charge on any atom is 0.305 e. The molecule has 0 N–H and O–H groups in total. The zero-order chi connectivity index (χ0) is 25.1. The van der Waals surface area contributed by atoms with E-state index in [0.29, 0.717) is 32.0 Å². The standard InChI is InChI=1S/C30H58O4/c1-4-7-9-10-11-16-19-22-26-33-29(31)24-20-17-14-12-13-15-18-21-25-30(32)34-27-28(6-3)23-8-5-2/h28H,4-27H2,1-3H3. The molecular formula is C30H58O4. The number of hydrogen-bond donors (Lipinski definition) is 0. The molecule has 0 fully saturated rings. The van der Waals surface area contributed by atoms with Gasteiger partial charge >= 0.3 is 11.9 Å². The predicted molar refractivity (Wildman–Crippen MR) is 144 cm³/mol. The molecule has 202 valence electrons. The second-order valence-electron chi connectivity index (χ2n) is 10.1. The van der Waals surface area contributed by atoms with E-state index in [-0.39, 0.29) is 11.9 Å². The summed E-state index contributed by atoms with van der Waals surface area (Å²) in [6.07, 6.45) is 24.8. The van der Waals surface area contributed by atoms with Crippen LogP contribution < -0.4 is 0 Å². The summed E-state index contributed by atoms with van der Waals surface area (Å²) in [5.41, 5.74) is 0. The van der Waals surface area contributed by atoms with Gasteiger partial charge in [0.1, 0.15) is 0 Å². The van der Waals surface area contributed by atoms with E-state index in [1.54, 1.807) is 0 Å². The van der Waals surface area contributed by atoms with Gasteiger partial charge in [0.15, 0.2) is 0 Å². The molecule has 34 heavy (non-hydrogen) atoms. The van der Waals surface area contributed by atoms with Crippen LogP contribution in [0.25, 0.3) is 0 Å². The summed E-state index contributed by atoms with van der Waals surface area (Å²) < 4.78 is 10.8. The van der Waals surface area contributed by atoms with Crippen LogP contribution in [-0.2, 0) is 19.1 Å². The van der Waals surface area contributed by atoms with Crippen molar-refractivity contribution in [2.75, 3.05) is 13.2 Å². The van der Waals surface area contributed by atoms with Crippen LogP contribution in [0.5, 0.6) is 0 Å². The maximum atomic E-state index is 11.9. The third kappa shape index (κ3) is 24.1. The van der Waals surface area contributed by atoms with Gasteiger partial charge in [0.05, 0.1) is 13.2 Å². The highest BCUT2D eigenvalue weighted by Gasteiger charge is 2.10. The van der Waals surface area contributed by atoms with Crippen LogP contribution in [-0.4, -0.2) is 25.2 Å². The average Bonchev–Trinajstić information content (AvgIpc) is 2.84. The van der Waals surface area contributed by atoms with Crippen LogP contribution >= 0.6 is 0 Å². The zero-order valence-electron chi connectivity index (χ0n) is 23.2. The molecule has 0 aromatic carbocycles. The summed E-state index contributed by atoms with van der Waals surface area (Å²) in [7, 11) is 0. The number of rotatable bonds is 26. The van der Waals surface area contributed by atoms with E-state index in [1.807, 2.05) is 0 Å². The largest absolute Gasteiger partial charge is 0.466 e. The van der Waals surface area contributed by atoms with E-state index < -0.39 is 0 Å². The maximum absolute atomic E-state index is 11.9. The lowest BCUT2D eigenvalue weighted by molar-refractivity contribution is -0.145. The van der Waals surface area contributed by atoms with Gasteiger partial charge in [-0.1, -0.05) is 124 Å². The molecule has 0 heterocycles. The Labute approximate surface area is 212 Å². The first-order chi connectivity index (χ1) is 16.6. The normalized spacial score (nSPS) is 12.0. The molecule has 0 rings (SSSR count). The molecular weight excluding hydrogens is 424 g/mol. The molecule has 0 bridgehead atoms. The number of carbonyl (C=O) groups is 2. The summed E-state index contributed by atoms with van der Waals surface area (Å²) >= 11 is 0. The molecule has 0 amide bonds.